The third-order valence-corrected chi connectivity index (χ3v) is 4.76. The second kappa shape index (κ2) is 10.2. The molecule has 0 spiro atoms. The van der Waals surface area contributed by atoms with Crippen molar-refractivity contribution in [3.05, 3.63) is 51.9 Å². The highest BCUT2D eigenvalue weighted by molar-refractivity contribution is 9.10. The second-order valence-electron chi connectivity index (χ2n) is 6.02. The number of ether oxygens (including phenoxy) is 4. The number of aldehydes is 1. The van der Waals surface area contributed by atoms with Gasteiger partial charge in [0.15, 0.2) is 12.6 Å². The summed E-state index contributed by atoms with van der Waals surface area (Å²) in [7, 11) is 0. The molecule has 2 heterocycles. The molecule has 1 fully saturated rings. The quantitative estimate of drug-likeness (QED) is 0.325. The Hall–Kier alpha value is -2.47. The Morgan fingerprint density at radius 2 is 2.21 bits per heavy atom. The van der Waals surface area contributed by atoms with Gasteiger partial charge in [-0.2, -0.15) is 0 Å². The van der Waals surface area contributed by atoms with Crippen LogP contribution in [0.5, 0.6) is 17.4 Å². The average Bonchev–Trinajstić information content (AvgIpc) is 2.73. The molecule has 1 aliphatic heterocycles. The fraction of sp³-hybridized carbons (Fsp3) is 0.350. The van der Waals surface area contributed by atoms with Gasteiger partial charge < -0.3 is 18.9 Å². The normalized spacial score (nSPS) is 16.2. The van der Waals surface area contributed by atoms with E-state index in [4.69, 9.17) is 25.5 Å². The van der Waals surface area contributed by atoms with Gasteiger partial charge in [-0.3, -0.25) is 4.79 Å². The molecule has 1 aromatic carbocycles. The molecule has 0 bridgehead atoms. The molecule has 146 valence electrons. The Morgan fingerprint density at radius 1 is 1.32 bits per heavy atom. The number of aromatic nitrogens is 1. The van der Waals surface area contributed by atoms with E-state index in [1.54, 1.807) is 24.3 Å². The van der Waals surface area contributed by atoms with Gasteiger partial charge in [-0.05, 0) is 37.5 Å². The molecule has 1 aliphatic rings. The minimum Gasteiger partial charge on any atom is -0.502 e. The highest BCUT2D eigenvalue weighted by Crippen LogP contribution is 2.32. The van der Waals surface area contributed by atoms with Crippen LogP contribution in [0.15, 0.2) is 34.9 Å². The third kappa shape index (κ3) is 5.52. The van der Waals surface area contributed by atoms with Crippen molar-refractivity contribution in [1.29, 1.82) is 0 Å². The molecule has 7 nitrogen and oxygen atoms in total. The van der Waals surface area contributed by atoms with Crippen LogP contribution in [0.4, 0.5) is 5.69 Å². The first kappa shape index (κ1) is 20.3. The second-order valence-corrected chi connectivity index (χ2v) is 6.88. The zero-order valence-corrected chi connectivity index (χ0v) is 16.7. The first-order chi connectivity index (χ1) is 13.7. The van der Waals surface area contributed by atoms with Crippen molar-refractivity contribution < 1.29 is 23.7 Å². The summed E-state index contributed by atoms with van der Waals surface area (Å²) < 4.78 is 23.2. The van der Waals surface area contributed by atoms with Crippen LogP contribution in [0.3, 0.4) is 0 Å². The number of halogens is 1. The molecule has 1 atom stereocenters. The lowest BCUT2D eigenvalue weighted by Crippen LogP contribution is -2.24. The molecule has 1 saturated heterocycles. The molecule has 1 unspecified atom stereocenters. The molecule has 2 aromatic rings. The smallest absolute Gasteiger partial charge is 0.246 e. The number of hydrogen-bond donors (Lipinski definition) is 0. The topological polar surface area (TPSA) is 71.2 Å². The van der Waals surface area contributed by atoms with Crippen LogP contribution in [0.1, 0.15) is 29.6 Å². The molecule has 0 radical (unpaired) electrons. The Labute approximate surface area is 171 Å². The number of carbonyl (C=O) groups is 1. The highest BCUT2D eigenvalue weighted by Gasteiger charge is 2.14. The first-order valence-corrected chi connectivity index (χ1v) is 9.65. The average molecular weight is 447 g/mol. The van der Waals surface area contributed by atoms with Gasteiger partial charge in [-0.1, -0.05) is 15.9 Å². The van der Waals surface area contributed by atoms with Crippen molar-refractivity contribution in [2.75, 3.05) is 19.8 Å². The van der Waals surface area contributed by atoms with Crippen LogP contribution in [-0.2, 0) is 9.47 Å². The summed E-state index contributed by atoms with van der Waals surface area (Å²) in [5.41, 5.74) is 0.750. The zero-order chi connectivity index (χ0) is 19.8. The number of pyridine rings is 1. The Kier molecular flexibility index (Phi) is 7.37. The highest BCUT2D eigenvalue weighted by atomic mass is 79.9. The summed E-state index contributed by atoms with van der Waals surface area (Å²) in [5.74, 6) is 1.08. The zero-order valence-electron chi connectivity index (χ0n) is 15.1. The van der Waals surface area contributed by atoms with Crippen molar-refractivity contribution in [2.24, 2.45) is 0 Å². The van der Waals surface area contributed by atoms with Gasteiger partial charge in [0.1, 0.15) is 18.1 Å². The fourth-order valence-corrected chi connectivity index (χ4v) is 2.98. The van der Waals surface area contributed by atoms with Crippen LogP contribution in [0.2, 0.25) is 0 Å². The van der Waals surface area contributed by atoms with E-state index in [9.17, 15) is 4.79 Å². The molecule has 0 aliphatic carbocycles. The van der Waals surface area contributed by atoms with E-state index < -0.39 is 0 Å². The standard InChI is InChI=1S/C20H19BrN2O5/c1-22-17-12-23-19(28-15-5-6-16(21)14(10-15)13-24)11-18(17)25-8-9-27-20-4-2-3-7-26-20/h5-6,10-13,20H,2-4,7-9H2. The maximum atomic E-state index is 11.1. The van der Waals surface area contributed by atoms with Gasteiger partial charge in [0.25, 0.3) is 0 Å². The summed E-state index contributed by atoms with van der Waals surface area (Å²) in [4.78, 5) is 18.6. The van der Waals surface area contributed by atoms with Gasteiger partial charge in [0, 0.05) is 28.9 Å². The third-order valence-electron chi connectivity index (χ3n) is 4.04. The van der Waals surface area contributed by atoms with E-state index in [0.717, 1.165) is 32.2 Å². The summed E-state index contributed by atoms with van der Waals surface area (Å²) in [5, 5.41) is 0. The molecule has 1 aromatic heterocycles. The van der Waals surface area contributed by atoms with Gasteiger partial charge in [-0.25, -0.2) is 9.83 Å². The van der Waals surface area contributed by atoms with Gasteiger partial charge in [-0.15, -0.1) is 0 Å². The molecular formula is C20H19BrN2O5. The number of carbonyl (C=O) groups excluding carboxylic acids is 1. The Balaban J connectivity index is 1.61. The van der Waals surface area contributed by atoms with E-state index in [0.29, 0.717) is 28.1 Å². The van der Waals surface area contributed by atoms with Crippen molar-refractivity contribution in [2.45, 2.75) is 25.6 Å². The van der Waals surface area contributed by atoms with Gasteiger partial charge >= 0.3 is 0 Å². The predicted octanol–water partition coefficient (Wildman–Crippen LogP) is 4.92. The summed E-state index contributed by atoms with van der Waals surface area (Å²) >= 11 is 3.29. The molecule has 3 rings (SSSR count). The lowest BCUT2D eigenvalue weighted by molar-refractivity contribution is -0.165. The number of benzene rings is 1. The molecule has 8 heteroatoms. The van der Waals surface area contributed by atoms with Gasteiger partial charge in [0.2, 0.25) is 11.6 Å². The largest absolute Gasteiger partial charge is 0.502 e. The predicted molar refractivity (Wildman–Crippen MR) is 105 cm³/mol. The van der Waals surface area contributed by atoms with Crippen LogP contribution in [0, 0.1) is 6.57 Å². The van der Waals surface area contributed by atoms with Crippen molar-refractivity contribution in [3.8, 4) is 17.4 Å². The van der Waals surface area contributed by atoms with Crippen LogP contribution in [0.25, 0.3) is 4.85 Å². The van der Waals surface area contributed by atoms with Gasteiger partial charge in [0.05, 0.1) is 13.2 Å². The van der Waals surface area contributed by atoms with E-state index >= 15 is 0 Å². The van der Waals surface area contributed by atoms with Crippen molar-refractivity contribution in [1.82, 2.24) is 4.98 Å². The fourth-order valence-electron chi connectivity index (χ4n) is 2.64. The maximum Gasteiger partial charge on any atom is 0.246 e. The van der Waals surface area contributed by atoms with Crippen LogP contribution in [-0.4, -0.2) is 37.4 Å². The lowest BCUT2D eigenvalue weighted by atomic mass is 10.2. The maximum absolute atomic E-state index is 11.1. The van der Waals surface area contributed by atoms with E-state index in [1.165, 1.54) is 6.20 Å². The summed E-state index contributed by atoms with van der Waals surface area (Å²) in [6, 6.07) is 6.57. The molecular weight excluding hydrogens is 428 g/mol. The molecule has 0 saturated carbocycles. The minimum atomic E-state index is -0.182. The SMILES string of the molecule is [C-]#[N+]c1cnc(Oc2ccc(Br)c(C=O)c2)cc1OCCOC1CCCCO1. The monoisotopic (exact) mass is 446 g/mol. The number of rotatable bonds is 8. The van der Waals surface area contributed by atoms with Crippen LogP contribution >= 0.6 is 15.9 Å². The Morgan fingerprint density at radius 3 is 2.96 bits per heavy atom. The lowest BCUT2D eigenvalue weighted by Gasteiger charge is -2.22. The number of nitrogens with zero attached hydrogens (tertiary/aromatic N) is 2. The minimum absolute atomic E-state index is 0.182. The van der Waals surface area contributed by atoms with Crippen molar-refractivity contribution in [3.63, 3.8) is 0 Å². The summed E-state index contributed by atoms with van der Waals surface area (Å²) in [6.07, 6.45) is 4.99. The van der Waals surface area contributed by atoms with Crippen molar-refractivity contribution >= 4 is 27.9 Å². The number of hydrogen-bond acceptors (Lipinski definition) is 6. The van der Waals surface area contributed by atoms with E-state index in [1.807, 2.05) is 0 Å². The molecule has 28 heavy (non-hydrogen) atoms. The van der Waals surface area contributed by atoms with E-state index in [-0.39, 0.29) is 24.5 Å². The first-order valence-electron chi connectivity index (χ1n) is 8.85. The van der Waals surface area contributed by atoms with E-state index in [2.05, 4.69) is 25.8 Å². The molecule has 0 N–H and O–H groups in total. The Bertz CT molecular complexity index is 862. The molecule has 0 amide bonds. The summed E-state index contributed by atoms with van der Waals surface area (Å²) in [6.45, 7) is 8.62. The van der Waals surface area contributed by atoms with Crippen LogP contribution < -0.4 is 9.47 Å².